The summed E-state index contributed by atoms with van der Waals surface area (Å²) >= 11 is 0. The van der Waals surface area contributed by atoms with E-state index in [0.29, 0.717) is 0 Å². The number of carbonyl (C=O) groups is 1. The fraction of sp³-hybridized carbons (Fsp3) is 0.875. The molecule has 0 unspecified atom stereocenters. The highest BCUT2D eigenvalue weighted by molar-refractivity contribution is 5.85. The number of amides is 1. The topological polar surface area (TPSA) is 93.0 Å². The maximum atomic E-state index is 10.8. The number of nitrogens with one attached hydrogen (secondary N) is 1. The first-order valence-electron chi connectivity index (χ1n) is 4.45. The molecule has 1 aliphatic heterocycles. The highest BCUT2D eigenvalue weighted by atomic mass is 35.5. The molecule has 1 saturated heterocycles. The van der Waals surface area contributed by atoms with Gasteiger partial charge in [-0.2, -0.15) is 0 Å². The van der Waals surface area contributed by atoms with Crippen molar-refractivity contribution in [1.82, 2.24) is 10.2 Å². The first-order valence-corrected chi connectivity index (χ1v) is 4.45. The summed E-state index contributed by atoms with van der Waals surface area (Å²) in [6, 6.07) is 0. The van der Waals surface area contributed by atoms with Crippen molar-refractivity contribution in [3.8, 4) is 0 Å². The Morgan fingerprint density at radius 3 is 2.33 bits per heavy atom. The van der Waals surface area contributed by atoms with Gasteiger partial charge in [-0.1, -0.05) is 0 Å². The van der Waals surface area contributed by atoms with E-state index in [1.165, 1.54) is 6.92 Å². The lowest BCUT2D eigenvalue weighted by atomic mass is 9.99. The number of likely N-dealkylation sites (N-methyl/N-ethyl adjacent to an activating group) is 1. The second-order valence-corrected chi connectivity index (χ2v) is 3.63. The number of rotatable bonds is 1. The highest BCUT2D eigenvalue weighted by Gasteiger charge is 2.40. The summed E-state index contributed by atoms with van der Waals surface area (Å²) < 4.78 is 0. The summed E-state index contributed by atoms with van der Waals surface area (Å²) in [5.41, 5.74) is 0. The number of nitrogens with zero attached hydrogens (tertiary/aromatic N) is 1. The Morgan fingerprint density at radius 1 is 1.33 bits per heavy atom. The average Bonchev–Trinajstić information content (AvgIpc) is 2.09. The molecule has 0 radical (unpaired) electrons. The normalized spacial score (nSPS) is 36.9. The van der Waals surface area contributed by atoms with Crippen molar-refractivity contribution in [2.45, 2.75) is 31.4 Å². The van der Waals surface area contributed by atoms with Crippen molar-refractivity contribution in [2.24, 2.45) is 0 Å². The van der Waals surface area contributed by atoms with Crippen LogP contribution in [0.1, 0.15) is 6.92 Å². The molecule has 0 aromatic carbocycles. The van der Waals surface area contributed by atoms with Crippen LogP contribution in [0.15, 0.2) is 0 Å². The van der Waals surface area contributed by atoms with E-state index in [9.17, 15) is 20.1 Å². The summed E-state index contributed by atoms with van der Waals surface area (Å²) in [6.07, 6.45) is -4.03. The third-order valence-corrected chi connectivity index (χ3v) is 2.37. The molecule has 1 aliphatic rings. The molecule has 7 heteroatoms. The number of aliphatic hydroxyl groups excluding tert-OH is 3. The predicted octanol–water partition coefficient (Wildman–Crippen LogP) is -2.10. The van der Waals surface area contributed by atoms with Gasteiger partial charge in [0.1, 0.15) is 18.4 Å². The molecule has 1 heterocycles. The van der Waals surface area contributed by atoms with Crippen LogP contribution in [0.25, 0.3) is 0 Å². The minimum absolute atomic E-state index is 0. The van der Waals surface area contributed by atoms with E-state index in [-0.39, 0.29) is 24.9 Å². The monoisotopic (exact) mass is 240 g/mol. The van der Waals surface area contributed by atoms with Crippen molar-refractivity contribution >= 4 is 18.3 Å². The van der Waals surface area contributed by atoms with Gasteiger partial charge in [0.25, 0.3) is 0 Å². The lowest BCUT2D eigenvalue weighted by Crippen LogP contribution is -2.65. The molecule has 0 aliphatic carbocycles. The molecule has 1 amide bonds. The van der Waals surface area contributed by atoms with E-state index in [1.54, 1.807) is 11.9 Å². The molecule has 4 N–H and O–H groups in total. The van der Waals surface area contributed by atoms with Crippen molar-refractivity contribution in [2.75, 3.05) is 13.6 Å². The number of halogens is 1. The minimum atomic E-state index is -1.22. The first-order chi connectivity index (χ1) is 6.43. The molecule has 6 nitrogen and oxygen atoms in total. The van der Waals surface area contributed by atoms with Crippen molar-refractivity contribution in [3.05, 3.63) is 0 Å². The molecule has 90 valence electrons. The van der Waals surface area contributed by atoms with Gasteiger partial charge in [-0.3, -0.25) is 9.69 Å². The summed E-state index contributed by atoms with van der Waals surface area (Å²) in [5, 5.41) is 30.7. The van der Waals surface area contributed by atoms with Gasteiger partial charge in [0.05, 0.1) is 6.10 Å². The molecule has 1 fully saturated rings. The van der Waals surface area contributed by atoms with Crippen LogP contribution in [0.3, 0.4) is 0 Å². The Bertz CT molecular complexity index is 229. The van der Waals surface area contributed by atoms with Crippen LogP contribution in [-0.4, -0.2) is 64.2 Å². The first kappa shape index (κ1) is 14.6. The third-order valence-electron chi connectivity index (χ3n) is 2.37. The summed E-state index contributed by atoms with van der Waals surface area (Å²) in [7, 11) is 1.65. The van der Waals surface area contributed by atoms with Crippen LogP contribution in [0.4, 0.5) is 0 Å². The molecule has 0 aromatic rings. The van der Waals surface area contributed by atoms with Crippen LogP contribution < -0.4 is 5.32 Å². The SMILES string of the molecule is CC(=O)N[C@H]1[C@@H](O)[C@@H](O)[C@H](O)CN1C.Cl. The number of β-amino-alcohol motifs (C(OH)–C–C–N with tert-alkyl or cyclic N) is 1. The van der Waals surface area contributed by atoms with E-state index in [0.717, 1.165) is 0 Å². The number of piperidine rings is 1. The lowest BCUT2D eigenvalue weighted by Gasteiger charge is -2.41. The van der Waals surface area contributed by atoms with Crippen molar-refractivity contribution in [1.29, 1.82) is 0 Å². The van der Waals surface area contributed by atoms with Gasteiger partial charge in [-0.15, -0.1) is 12.4 Å². The second kappa shape index (κ2) is 5.62. The Kier molecular flexibility index (Phi) is 5.47. The van der Waals surface area contributed by atoms with Gasteiger partial charge in [-0.05, 0) is 7.05 Å². The Hall–Kier alpha value is -0.400. The molecule has 4 atom stereocenters. The van der Waals surface area contributed by atoms with Gasteiger partial charge < -0.3 is 20.6 Å². The maximum absolute atomic E-state index is 10.8. The second-order valence-electron chi connectivity index (χ2n) is 3.63. The Morgan fingerprint density at radius 2 is 1.87 bits per heavy atom. The van der Waals surface area contributed by atoms with Gasteiger partial charge >= 0.3 is 0 Å². The molecule has 15 heavy (non-hydrogen) atoms. The van der Waals surface area contributed by atoms with E-state index in [4.69, 9.17) is 0 Å². The molecule has 0 aromatic heterocycles. The largest absolute Gasteiger partial charge is 0.389 e. The van der Waals surface area contributed by atoms with Crippen LogP contribution in [0.2, 0.25) is 0 Å². The molecule has 1 rings (SSSR count). The molecular weight excluding hydrogens is 224 g/mol. The van der Waals surface area contributed by atoms with Crippen LogP contribution >= 0.6 is 12.4 Å². The average molecular weight is 241 g/mol. The van der Waals surface area contributed by atoms with Crippen LogP contribution in [-0.2, 0) is 4.79 Å². The van der Waals surface area contributed by atoms with E-state index < -0.39 is 24.5 Å². The van der Waals surface area contributed by atoms with E-state index in [2.05, 4.69) is 5.32 Å². The number of hydrogen-bond donors (Lipinski definition) is 4. The van der Waals surface area contributed by atoms with Gasteiger partial charge in [0, 0.05) is 13.5 Å². The predicted molar refractivity (Wildman–Crippen MR) is 55.5 cm³/mol. The number of aliphatic hydroxyl groups is 3. The van der Waals surface area contributed by atoms with Gasteiger partial charge in [0.15, 0.2) is 0 Å². The molecular formula is C8H17ClN2O4. The van der Waals surface area contributed by atoms with Crippen LogP contribution in [0.5, 0.6) is 0 Å². The number of hydrogen-bond acceptors (Lipinski definition) is 5. The quantitative estimate of drug-likeness (QED) is 0.421. The summed E-state index contributed by atoms with van der Waals surface area (Å²) in [6.45, 7) is 1.54. The standard InChI is InChI=1S/C8H16N2O4.ClH/c1-4(11)9-8-7(14)6(13)5(12)3-10(8)2;/h5-8,12-14H,3H2,1-2H3,(H,9,11);1H/t5-,6+,7+,8-;/m1./s1. The fourth-order valence-electron chi connectivity index (χ4n) is 1.60. The Labute approximate surface area is 94.3 Å². The molecule has 0 bridgehead atoms. The van der Waals surface area contributed by atoms with E-state index in [1.807, 2.05) is 0 Å². The lowest BCUT2D eigenvalue weighted by molar-refractivity contribution is -0.146. The highest BCUT2D eigenvalue weighted by Crippen LogP contribution is 2.15. The fourth-order valence-corrected chi connectivity index (χ4v) is 1.60. The zero-order valence-corrected chi connectivity index (χ0v) is 9.44. The van der Waals surface area contributed by atoms with Gasteiger partial charge in [-0.25, -0.2) is 0 Å². The van der Waals surface area contributed by atoms with Gasteiger partial charge in [0.2, 0.25) is 5.91 Å². The minimum Gasteiger partial charge on any atom is -0.389 e. The zero-order valence-electron chi connectivity index (χ0n) is 8.62. The zero-order chi connectivity index (χ0) is 10.9. The maximum Gasteiger partial charge on any atom is 0.218 e. The summed E-state index contributed by atoms with van der Waals surface area (Å²) in [4.78, 5) is 12.4. The Balaban J connectivity index is 0.00000196. The van der Waals surface area contributed by atoms with Crippen LogP contribution in [0, 0.1) is 0 Å². The number of likely N-dealkylation sites (tertiary alicyclic amines) is 1. The smallest absolute Gasteiger partial charge is 0.218 e. The summed E-state index contributed by atoms with van der Waals surface area (Å²) in [5.74, 6) is -0.288. The van der Waals surface area contributed by atoms with E-state index >= 15 is 0 Å². The number of carbonyl (C=O) groups excluding carboxylic acids is 1. The molecule has 0 spiro atoms. The molecule has 0 saturated carbocycles. The van der Waals surface area contributed by atoms with Crippen molar-refractivity contribution < 1.29 is 20.1 Å². The van der Waals surface area contributed by atoms with Crippen molar-refractivity contribution in [3.63, 3.8) is 0 Å². The third kappa shape index (κ3) is 3.29.